The topological polar surface area (TPSA) is 12.5 Å². The van der Waals surface area contributed by atoms with Crippen LogP contribution in [-0.2, 0) is 4.74 Å². The molecule has 14 heavy (non-hydrogen) atoms. The van der Waals surface area contributed by atoms with Crippen LogP contribution in [0.15, 0.2) is 0 Å². The van der Waals surface area contributed by atoms with Crippen LogP contribution in [0.5, 0.6) is 0 Å². The first-order valence-corrected chi connectivity index (χ1v) is 6.14. The van der Waals surface area contributed by atoms with Crippen LogP contribution in [0.25, 0.3) is 0 Å². The molecule has 0 aromatic heterocycles. The van der Waals surface area contributed by atoms with Gasteiger partial charge in [0.15, 0.2) is 0 Å². The molecule has 0 bridgehead atoms. The van der Waals surface area contributed by atoms with Gasteiger partial charge in [-0.15, -0.1) is 11.6 Å². The first-order chi connectivity index (χ1) is 6.77. The van der Waals surface area contributed by atoms with Crippen LogP contribution in [0.1, 0.15) is 32.6 Å². The predicted octanol–water partition coefficient (Wildman–Crippen LogP) is 2.50. The number of halogens is 1. The number of nitrogens with zero attached hydrogens (tertiary/aromatic N) is 1. The smallest absolute Gasteiger partial charge is 0.0670 e. The molecule has 0 amide bonds. The average Bonchev–Trinajstić information content (AvgIpc) is 2.62. The maximum atomic E-state index is 5.72. The molecule has 1 fully saturated rings. The lowest BCUT2D eigenvalue weighted by atomic mass is 10.1. The second-order valence-electron chi connectivity index (χ2n) is 4.17. The van der Waals surface area contributed by atoms with E-state index in [1.165, 1.54) is 25.8 Å². The number of hydrogen-bond donors (Lipinski definition) is 0. The molecule has 1 heterocycles. The van der Waals surface area contributed by atoms with Crippen molar-refractivity contribution >= 4 is 11.6 Å². The predicted molar refractivity (Wildman–Crippen MR) is 61.0 cm³/mol. The number of rotatable bonds is 6. The van der Waals surface area contributed by atoms with Crippen LogP contribution in [0, 0.1) is 0 Å². The van der Waals surface area contributed by atoms with Crippen molar-refractivity contribution in [1.82, 2.24) is 4.90 Å². The van der Waals surface area contributed by atoms with E-state index < -0.39 is 0 Å². The summed E-state index contributed by atoms with van der Waals surface area (Å²) in [6, 6.07) is 0.756. The second kappa shape index (κ2) is 6.65. The van der Waals surface area contributed by atoms with E-state index in [4.69, 9.17) is 16.3 Å². The Labute approximate surface area is 92.6 Å². The fourth-order valence-corrected chi connectivity index (χ4v) is 2.33. The molecule has 1 saturated heterocycles. The first-order valence-electron chi connectivity index (χ1n) is 5.60. The van der Waals surface area contributed by atoms with Gasteiger partial charge in [0.25, 0.3) is 0 Å². The van der Waals surface area contributed by atoms with Crippen LogP contribution in [0.4, 0.5) is 0 Å². The summed E-state index contributed by atoms with van der Waals surface area (Å²) >= 11 is 5.72. The van der Waals surface area contributed by atoms with Crippen LogP contribution in [0.2, 0.25) is 0 Å². The molecule has 1 aliphatic heterocycles. The number of ether oxygens (including phenoxy) is 1. The van der Waals surface area contributed by atoms with Crippen molar-refractivity contribution in [3.8, 4) is 0 Å². The molecule has 2 unspecified atom stereocenters. The molecule has 0 N–H and O–H groups in total. The van der Waals surface area contributed by atoms with Crippen LogP contribution < -0.4 is 0 Å². The van der Waals surface area contributed by atoms with Crippen molar-refractivity contribution in [1.29, 1.82) is 0 Å². The van der Waals surface area contributed by atoms with Gasteiger partial charge in [-0.1, -0.05) is 0 Å². The van der Waals surface area contributed by atoms with E-state index in [1.807, 2.05) is 0 Å². The van der Waals surface area contributed by atoms with E-state index in [2.05, 4.69) is 11.8 Å². The normalized spacial score (nSPS) is 25.5. The summed E-state index contributed by atoms with van der Waals surface area (Å²) in [4.78, 5) is 2.56. The summed E-state index contributed by atoms with van der Waals surface area (Å²) in [6.07, 6.45) is 5.42. The number of likely N-dealkylation sites (tertiary alicyclic amines) is 1. The highest BCUT2D eigenvalue weighted by Crippen LogP contribution is 2.21. The molecule has 0 aliphatic carbocycles. The molecular formula is C11H22ClNO. The van der Waals surface area contributed by atoms with Gasteiger partial charge >= 0.3 is 0 Å². The lowest BCUT2D eigenvalue weighted by molar-refractivity contribution is 0.0711. The summed E-state index contributed by atoms with van der Waals surface area (Å²) in [5.74, 6) is 0.796. The third-order valence-electron chi connectivity index (χ3n) is 3.06. The zero-order valence-corrected chi connectivity index (χ0v) is 10.1. The van der Waals surface area contributed by atoms with E-state index in [9.17, 15) is 0 Å². The quantitative estimate of drug-likeness (QED) is 0.637. The molecule has 84 valence electrons. The molecule has 0 radical (unpaired) electrons. The second-order valence-corrected chi connectivity index (χ2v) is 4.55. The third kappa shape index (κ3) is 3.76. The van der Waals surface area contributed by atoms with Gasteiger partial charge in [-0.05, 0) is 39.2 Å². The Balaban J connectivity index is 2.27. The zero-order valence-electron chi connectivity index (χ0n) is 9.34. The van der Waals surface area contributed by atoms with Crippen molar-refractivity contribution < 1.29 is 4.74 Å². The molecule has 1 rings (SSSR count). The van der Waals surface area contributed by atoms with Gasteiger partial charge < -0.3 is 4.74 Å². The Bertz CT molecular complexity index is 154. The van der Waals surface area contributed by atoms with E-state index in [1.54, 1.807) is 7.11 Å². The first kappa shape index (κ1) is 12.3. The Kier molecular flexibility index (Phi) is 5.83. The monoisotopic (exact) mass is 219 g/mol. The number of hydrogen-bond acceptors (Lipinski definition) is 2. The molecule has 2 nitrogen and oxygen atoms in total. The van der Waals surface area contributed by atoms with Gasteiger partial charge in [-0.3, -0.25) is 4.90 Å². The number of methoxy groups -OCH3 is 1. The van der Waals surface area contributed by atoms with Gasteiger partial charge in [0.1, 0.15) is 0 Å². The number of alkyl halides is 1. The highest BCUT2D eigenvalue weighted by atomic mass is 35.5. The molecule has 0 aromatic carbocycles. The minimum absolute atomic E-state index is 0.353. The van der Waals surface area contributed by atoms with Gasteiger partial charge in [0.2, 0.25) is 0 Å². The van der Waals surface area contributed by atoms with Gasteiger partial charge in [-0.2, -0.15) is 0 Å². The Morgan fingerprint density at radius 1 is 1.57 bits per heavy atom. The van der Waals surface area contributed by atoms with Gasteiger partial charge in [-0.25, -0.2) is 0 Å². The van der Waals surface area contributed by atoms with Gasteiger partial charge in [0.05, 0.1) is 6.10 Å². The van der Waals surface area contributed by atoms with E-state index in [0.717, 1.165) is 24.9 Å². The highest BCUT2D eigenvalue weighted by Gasteiger charge is 2.24. The zero-order chi connectivity index (χ0) is 10.4. The summed E-state index contributed by atoms with van der Waals surface area (Å²) in [5, 5.41) is 0. The van der Waals surface area contributed by atoms with Crippen LogP contribution >= 0.6 is 11.6 Å². The van der Waals surface area contributed by atoms with Crippen LogP contribution in [-0.4, -0.2) is 43.1 Å². The minimum atomic E-state index is 0.353. The summed E-state index contributed by atoms with van der Waals surface area (Å²) in [7, 11) is 1.79. The van der Waals surface area contributed by atoms with Crippen molar-refractivity contribution in [2.75, 3.05) is 26.1 Å². The largest absolute Gasteiger partial charge is 0.380 e. The molecule has 0 aromatic rings. The Hall–Kier alpha value is 0.210. The van der Waals surface area contributed by atoms with Crippen molar-refractivity contribution in [3.05, 3.63) is 0 Å². The maximum absolute atomic E-state index is 5.72. The fourth-order valence-electron chi connectivity index (χ4n) is 2.18. The van der Waals surface area contributed by atoms with Crippen molar-refractivity contribution in [3.63, 3.8) is 0 Å². The van der Waals surface area contributed by atoms with E-state index in [0.29, 0.717) is 6.10 Å². The highest BCUT2D eigenvalue weighted by molar-refractivity contribution is 6.17. The molecule has 1 aliphatic rings. The third-order valence-corrected chi connectivity index (χ3v) is 3.33. The molecule has 0 saturated carbocycles. The summed E-state index contributed by atoms with van der Waals surface area (Å²) < 4.78 is 5.30. The Morgan fingerprint density at radius 2 is 2.36 bits per heavy atom. The summed E-state index contributed by atoms with van der Waals surface area (Å²) in [6.45, 7) is 4.45. The average molecular weight is 220 g/mol. The standard InChI is InChI=1S/C11H22ClNO/c1-10(14-2)9-13-8-4-6-11(13)5-3-7-12/h10-11H,3-9H2,1-2H3. The molecule has 2 atom stereocenters. The van der Waals surface area contributed by atoms with Crippen molar-refractivity contribution in [2.24, 2.45) is 0 Å². The van der Waals surface area contributed by atoms with Gasteiger partial charge in [0, 0.05) is 25.6 Å². The molecular weight excluding hydrogens is 198 g/mol. The lowest BCUT2D eigenvalue weighted by Crippen LogP contribution is -2.35. The molecule has 0 spiro atoms. The Morgan fingerprint density at radius 3 is 3.00 bits per heavy atom. The summed E-state index contributed by atoms with van der Waals surface area (Å²) in [5.41, 5.74) is 0. The fraction of sp³-hybridized carbons (Fsp3) is 1.00. The maximum Gasteiger partial charge on any atom is 0.0670 e. The molecule has 3 heteroatoms. The van der Waals surface area contributed by atoms with Crippen molar-refractivity contribution in [2.45, 2.75) is 44.8 Å². The SMILES string of the molecule is COC(C)CN1CCCC1CCCCl. The minimum Gasteiger partial charge on any atom is -0.380 e. The van der Waals surface area contributed by atoms with Crippen LogP contribution in [0.3, 0.4) is 0 Å². The van der Waals surface area contributed by atoms with E-state index in [-0.39, 0.29) is 0 Å². The lowest BCUT2D eigenvalue weighted by Gasteiger charge is -2.26. The van der Waals surface area contributed by atoms with E-state index >= 15 is 0 Å².